The van der Waals surface area contributed by atoms with E-state index < -0.39 is 5.60 Å². The van der Waals surface area contributed by atoms with Crippen molar-refractivity contribution in [1.82, 2.24) is 9.88 Å². The molecule has 19 heavy (non-hydrogen) atoms. The van der Waals surface area contributed by atoms with Crippen LogP contribution in [0.4, 0.5) is 0 Å². The zero-order valence-corrected chi connectivity index (χ0v) is 11.2. The first-order valence-corrected chi connectivity index (χ1v) is 6.65. The minimum atomic E-state index is -0.757. The van der Waals surface area contributed by atoms with Crippen molar-refractivity contribution in [3.8, 4) is 0 Å². The van der Waals surface area contributed by atoms with Crippen LogP contribution >= 0.6 is 0 Å². The van der Waals surface area contributed by atoms with E-state index in [9.17, 15) is 14.7 Å². The van der Waals surface area contributed by atoms with Crippen molar-refractivity contribution in [2.45, 2.75) is 44.8 Å². The third kappa shape index (κ3) is 3.44. The second-order valence-electron chi connectivity index (χ2n) is 5.33. The van der Waals surface area contributed by atoms with Gasteiger partial charge < -0.3 is 15.0 Å². The molecule has 1 aromatic heterocycles. The SMILES string of the molecule is Cc1cccn(CC(=O)NCC2(O)CCCC2)c1=O. The molecule has 2 N–H and O–H groups in total. The lowest BCUT2D eigenvalue weighted by atomic mass is 10.0. The number of pyridine rings is 1. The summed E-state index contributed by atoms with van der Waals surface area (Å²) in [5, 5.41) is 12.8. The van der Waals surface area contributed by atoms with E-state index in [-0.39, 0.29) is 24.6 Å². The number of hydrogen-bond donors (Lipinski definition) is 2. The summed E-state index contributed by atoms with van der Waals surface area (Å²) in [6.07, 6.45) is 5.07. The molecule has 5 nitrogen and oxygen atoms in total. The minimum absolute atomic E-state index is 0.00338. The Balaban J connectivity index is 1.91. The molecule has 0 spiro atoms. The van der Waals surface area contributed by atoms with Gasteiger partial charge in [0.15, 0.2) is 0 Å². The molecule has 0 radical (unpaired) electrons. The highest BCUT2D eigenvalue weighted by molar-refractivity contribution is 5.75. The first-order valence-electron chi connectivity index (χ1n) is 6.65. The van der Waals surface area contributed by atoms with E-state index in [2.05, 4.69) is 5.32 Å². The van der Waals surface area contributed by atoms with Crippen LogP contribution in [0.2, 0.25) is 0 Å². The smallest absolute Gasteiger partial charge is 0.253 e. The second kappa shape index (κ2) is 5.57. The fraction of sp³-hybridized carbons (Fsp3) is 0.571. The second-order valence-corrected chi connectivity index (χ2v) is 5.33. The number of hydrogen-bond acceptors (Lipinski definition) is 3. The van der Waals surface area contributed by atoms with Gasteiger partial charge >= 0.3 is 0 Å². The maximum Gasteiger partial charge on any atom is 0.253 e. The van der Waals surface area contributed by atoms with Crippen LogP contribution in [0.3, 0.4) is 0 Å². The van der Waals surface area contributed by atoms with E-state index in [0.717, 1.165) is 25.7 Å². The Kier molecular flexibility index (Phi) is 4.04. The molecular weight excluding hydrogens is 244 g/mol. The zero-order valence-electron chi connectivity index (χ0n) is 11.2. The summed E-state index contributed by atoms with van der Waals surface area (Å²) in [4.78, 5) is 23.6. The first-order chi connectivity index (χ1) is 9.00. The fourth-order valence-corrected chi connectivity index (χ4v) is 2.46. The average molecular weight is 264 g/mol. The van der Waals surface area contributed by atoms with Crippen molar-refractivity contribution in [1.29, 1.82) is 0 Å². The van der Waals surface area contributed by atoms with Gasteiger partial charge in [0.2, 0.25) is 5.91 Å². The van der Waals surface area contributed by atoms with Gasteiger partial charge in [-0.05, 0) is 25.8 Å². The highest BCUT2D eigenvalue weighted by Gasteiger charge is 2.31. The summed E-state index contributed by atoms with van der Waals surface area (Å²) in [5.74, 6) is -0.243. The van der Waals surface area contributed by atoms with Gasteiger partial charge in [-0.3, -0.25) is 9.59 Å². The van der Waals surface area contributed by atoms with Gasteiger partial charge in [-0.1, -0.05) is 18.9 Å². The van der Waals surface area contributed by atoms with Crippen molar-refractivity contribution in [3.63, 3.8) is 0 Å². The Labute approximate surface area is 112 Å². The number of carbonyl (C=O) groups is 1. The number of aliphatic hydroxyl groups is 1. The molecule has 1 aliphatic rings. The Hall–Kier alpha value is -1.62. The normalized spacial score (nSPS) is 17.4. The van der Waals surface area contributed by atoms with Crippen LogP contribution in [-0.2, 0) is 11.3 Å². The minimum Gasteiger partial charge on any atom is -0.388 e. The van der Waals surface area contributed by atoms with Gasteiger partial charge in [-0.15, -0.1) is 0 Å². The molecule has 1 aromatic rings. The Morgan fingerprint density at radius 1 is 1.47 bits per heavy atom. The number of nitrogens with zero attached hydrogens (tertiary/aromatic N) is 1. The van der Waals surface area contributed by atoms with Gasteiger partial charge in [0.1, 0.15) is 6.54 Å². The van der Waals surface area contributed by atoms with Gasteiger partial charge in [0.25, 0.3) is 5.56 Å². The largest absolute Gasteiger partial charge is 0.388 e. The van der Waals surface area contributed by atoms with Crippen LogP contribution in [0, 0.1) is 6.92 Å². The standard InChI is InChI=1S/C14H20N2O3/c1-11-5-4-8-16(13(11)18)9-12(17)15-10-14(19)6-2-3-7-14/h4-5,8,19H,2-3,6-7,9-10H2,1H3,(H,15,17). The Bertz CT molecular complexity index is 516. The van der Waals surface area contributed by atoms with Crippen LogP contribution in [-0.4, -0.2) is 27.7 Å². The summed E-state index contributed by atoms with van der Waals surface area (Å²) in [5.41, 5.74) is -0.297. The maximum atomic E-state index is 11.8. The van der Waals surface area contributed by atoms with Crippen molar-refractivity contribution >= 4 is 5.91 Å². The van der Waals surface area contributed by atoms with Crippen molar-refractivity contribution in [2.24, 2.45) is 0 Å². The van der Waals surface area contributed by atoms with E-state index in [1.54, 1.807) is 25.3 Å². The average Bonchev–Trinajstić information content (AvgIpc) is 2.80. The lowest BCUT2D eigenvalue weighted by Gasteiger charge is -2.22. The third-order valence-corrected chi connectivity index (χ3v) is 3.67. The lowest BCUT2D eigenvalue weighted by molar-refractivity contribution is -0.122. The summed E-state index contributed by atoms with van der Waals surface area (Å²) in [6.45, 7) is 1.99. The molecule has 1 heterocycles. The molecule has 104 valence electrons. The molecule has 0 aliphatic heterocycles. The highest BCUT2D eigenvalue weighted by atomic mass is 16.3. The van der Waals surface area contributed by atoms with E-state index in [4.69, 9.17) is 0 Å². The lowest BCUT2D eigenvalue weighted by Crippen LogP contribution is -2.42. The summed E-state index contributed by atoms with van der Waals surface area (Å²) >= 11 is 0. The van der Waals surface area contributed by atoms with Crippen LogP contribution < -0.4 is 10.9 Å². The molecule has 1 saturated carbocycles. The molecule has 1 aliphatic carbocycles. The number of carbonyl (C=O) groups excluding carboxylic acids is 1. The quantitative estimate of drug-likeness (QED) is 0.835. The van der Waals surface area contributed by atoms with E-state index in [0.29, 0.717) is 5.56 Å². The fourth-order valence-electron chi connectivity index (χ4n) is 2.46. The first kappa shape index (κ1) is 13.8. The topological polar surface area (TPSA) is 71.3 Å². The van der Waals surface area contributed by atoms with Gasteiger partial charge in [-0.25, -0.2) is 0 Å². The van der Waals surface area contributed by atoms with Crippen LogP contribution in [0.5, 0.6) is 0 Å². The van der Waals surface area contributed by atoms with E-state index in [1.807, 2.05) is 0 Å². The van der Waals surface area contributed by atoms with E-state index in [1.165, 1.54) is 4.57 Å². The number of aromatic nitrogens is 1. The predicted octanol–water partition coefficient (Wildman–Crippen LogP) is 0.578. The van der Waals surface area contributed by atoms with Crippen LogP contribution in [0.15, 0.2) is 23.1 Å². The number of amides is 1. The molecule has 0 bridgehead atoms. The Morgan fingerprint density at radius 3 is 2.84 bits per heavy atom. The summed E-state index contributed by atoms with van der Waals surface area (Å²) < 4.78 is 1.38. The highest BCUT2D eigenvalue weighted by Crippen LogP contribution is 2.28. The van der Waals surface area contributed by atoms with E-state index >= 15 is 0 Å². The number of aryl methyl sites for hydroxylation is 1. The number of nitrogens with one attached hydrogen (secondary N) is 1. The predicted molar refractivity (Wildman–Crippen MR) is 71.9 cm³/mol. The monoisotopic (exact) mass is 264 g/mol. The summed E-state index contributed by atoms with van der Waals surface area (Å²) in [7, 11) is 0. The summed E-state index contributed by atoms with van der Waals surface area (Å²) in [6, 6.07) is 3.46. The molecule has 1 fully saturated rings. The van der Waals surface area contributed by atoms with Crippen molar-refractivity contribution in [3.05, 3.63) is 34.2 Å². The molecule has 0 aromatic carbocycles. The molecule has 5 heteroatoms. The van der Waals surface area contributed by atoms with Gasteiger partial charge in [0.05, 0.1) is 5.60 Å². The van der Waals surface area contributed by atoms with Gasteiger partial charge in [0, 0.05) is 18.3 Å². The molecule has 1 amide bonds. The van der Waals surface area contributed by atoms with Crippen LogP contribution in [0.1, 0.15) is 31.2 Å². The molecule has 0 atom stereocenters. The van der Waals surface area contributed by atoms with Gasteiger partial charge in [-0.2, -0.15) is 0 Å². The molecule has 2 rings (SSSR count). The van der Waals surface area contributed by atoms with Crippen molar-refractivity contribution in [2.75, 3.05) is 6.54 Å². The van der Waals surface area contributed by atoms with Crippen molar-refractivity contribution < 1.29 is 9.90 Å². The molecule has 0 saturated heterocycles. The Morgan fingerprint density at radius 2 is 2.16 bits per heavy atom. The zero-order chi connectivity index (χ0) is 13.9. The molecule has 0 unspecified atom stereocenters. The molecular formula is C14H20N2O3. The maximum absolute atomic E-state index is 11.8. The van der Waals surface area contributed by atoms with Crippen LogP contribution in [0.25, 0.3) is 0 Å². The third-order valence-electron chi connectivity index (χ3n) is 3.67. The number of rotatable bonds is 4.